The molecule has 0 fully saturated rings. The summed E-state index contributed by atoms with van der Waals surface area (Å²) in [6.07, 6.45) is 40.0. The van der Waals surface area contributed by atoms with Crippen molar-refractivity contribution in [1.29, 1.82) is 0 Å². The minimum absolute atomic E-state index is 1.23. The van der Waals surface area contributed by atoms with Crippen molar-refractivity contribution in [3.05, 3.63) is 17.9 Å². The van der Waals surface area contributed by atoms with E-state index < -0.39 is 0 Å². The summed E-state index contributed by atoms with van der Waals surface area (Å²) in [5.74, 6) is 0. The van der Waals surface area contributed by atoms with E-state index in [9.17, 15) is 0 Å². The van der Waals surface area contributed by atoms with Crippen LogP contribution in [-0.2, 0) is 0 Å². The van der Waals surface area contributed by atoms with E-state index in [-0.39, 0.29) is 0 Å². The lowest BCUT2D eigenvalue weighted by Crippen LogP contribution is -1.82. The van der Waals surface area contributed by atoms with Crippen LogP contribution in [0.1, 0.15) is 174 Å². The van der Waals surface area contributed by atoms with Crippen LogP contribution in [0.5, 0.6) is 0 Å². The van der Waals surface area contributed by atoms with Gasteiger partial charge in [-0.2, -0.15) is 0 Å². The van der Waals surface area contributed by atoms with Crippen molar-refractivity contribution < 1.29 is 0 Å². The van der Waals surface area contributed by atoms with Crippen LogP contribution >= 0.6 is 0 Å². The standard InChI is InChI=1S/C30H58/c1-3-5-7-9-11-13-15-17-19-21-23-25-27-29-30-28-26-24-22-20-18-16-14-12-10-8-6-4-2/h27,30H,3-26,28H2,1-2H3. The Hall–Kier alpha value is -0.480. The fourth-order valence-corrected chi connectivity index (χ4v) is 4.25. The molecule has 0 rings (SSSR count). The van der Waals surface area contributed by atoms with Crippen molar-refractivity contribution in [2.24, 2.45) is 0 Å². The Bertz CT molecular complexity index is 347. The van der Waals surface area contributed by atoms with E-state index in [2.05, 4.69) is 31.7 Å². The molecular formula is C30H58. The maximum absolute atomic E-state index is 3.41. The van der Waals surface area contributed by atoms with E-state index in [1.807, 2.05) is 0 Å². The van der Waals surface area contributed by atoms with Gasteiger partial charge in [-0.25, -0.2) is 0 Å². The van der Waals surface area contributed by atoms with Crippen LogP contribution in [0, 0.1) is 0 Å². The van der Waals surface area contributed by atoms with Crippen molar-refractivity contribution in [3.63, 3.8) is 0 Å². The second-order valence-corrected chi connectivity index (χ2v) is 9.58. The average molecular weight is 419 g/mol. The van der Waals surface area contributed by atoms with Gasteiger partial charge >= 0.3 is 0 Å². The monoisotopic (exact) mass is 418 g/mol. The molecule has 0 aliphatic carbocycles. The second kappa shape index (κ2) is 28.5. The summed E-state index contributed by atoms with van der Waals surface area (Å²) in [6.45, 7) is 4.59. The number of rotatable bonds is 25. The highest BCUT2D eigenvalue weighted by Crippen LogP contribution is 2.13. The van der Waals surface area contributed by atoms with Crippen molar-refractivity contribution in [2.45, 2.75) is 174 Å². The molecule has 0 atom stereocenters. The quantitative estimate of drug-likeness (QED) is 0.102. The summed E-state index contributed by atoms with van der Waals surface area (Å²) in [6, 6.07) is 0. The van der Waals surface area contributed by atoms with Gasteiger partial charge in [0.1, 0.15) is 0 Å². The van der Waals surface area contributed by atoms with Crippen LogP contribution in [-0.4, -0.2) is 0 Å². The Morgan fingerprint density at radius 2 is 0.567 bits per heavy atom. The van der Waals surface area contributed by atoms with Gasteiger partial charge in [-0.15, -0.1) is 5.73 Å². The van der Waals surface area contributed by atoms with Crippen molar-refractivity contribution in [3.8, 4) is 0 Å². The van der Waals surface area contributed by atoms with E-state index in [1.165, 1.54) is 161 Å². The molecule has 30 heavy (non-hydrogen) atoms. The third kappa shape index (κ3) is 27.5. The number of unbranched alkanes of at least 4 members (excludes halogenated alkanes) is 23. The van der Waals surface area contributed by atoms with E-state index in [0.29, 0.717) is 0 Å². The third-order valence-electron chi connectivity index (χ3n) is 6.39. The zero-order valence-corrected chi connectivity index (χ0v) is 21.3. The Balaban J connectivity index is 3.15. The van der Waals surface area contributed by atoms with Gasteiger partial charge in [-0.1, -0.05) is 149 Å². The normalized spacial score (nSPS) is 10.9. The van der Waals surface area contributed by atoms with Gasteiger partial charge in [0.15, 0.2) is 0 Å². The first-order valence-electron chi connectivity index (χ1n) is 14.3. The lowest BCUT2D eigenvalue weighted by Gasteiger charge is -2.02. The first-order valence-corrected chi connectivity index (χ1v) is 14.3. The fourth-order valence-electron chi connectivity index (χ4n) is 4.25. The topological polar surface area (TPSA) is 0 Å². The molecule has 0 radical (unpaired) electrons. The van der Waals surface area contributed by atoms with Crippen LogP contribution < -0.4 is 0 Å². The van der Waals surface area contributed by atoms with Crippen LogP contribution in [0.2, 0.25) is 0 Å². The molecule has 0 amide bonds. The largest absolute Gasteiger partial charge is 0.130 e. The highest BCUT2D eigenvalue weighted by atomic mass is 14.0. The van der Waals surface area contributed by atoms with Gasteiger partial charge in [-0.3, -0.25) is 0 Å². The molecule has 0 aromatic heterocycles. The maximum atomic E-state index is 3.41. The predicted molar refractivity (Wildman–Crippen MR) is 139 cm³/mol. The Labute approximate surface area is 192 Å². The van der Waals surface area contributed by atoms with Gasteiger partial charge in [0, 0.05) is 0 Å². The molecule has 0 spiro atoms. The predicted octanol–water partition coefficient (Wildman–Crippen LogP) is 11.5. The van der Waals surface area contributed by atoms with Crippen LogP contribution in [0.25, 0.3) is 0 Å². The molecule has 0 heteroatoms. The zero-order valence-electron chi connectivity index (χ0n) is 21.3. The molecule has 0 saturated heterocycles. The van der Waals surface area contributed by atoms with E-state index in [0.717, 1.165) is 0 Å². The summed E-state index contributed by atoms with van der Waals surface area (Å²) >= 11 is 0. The van der Waals surface area contributed by atoms with Gasteiger partial charge < -0.3 is 0 Å². The van der Waals surface area contributed by atoms with Crippen LogP contribution in [0.3, 0.4) is 0 Å². The van der Waals surface area contributed by atoms with Crippen LogP contribution in [0.15, 0.2) is 17.9 Å². The molecule has 0 saturated carbocycles. The molecule has 0 aromatic rings. The zero-order chi connectivity index (χ0) is 21.8. The Morgan fingerprint density at radius 1 is 0.333 bits per heavy atom. The Morgan fingerprint density at radius 3 is 0.833 bits per heavy atom. The summed E-state index contributed by atoms with van der Waals surface area (Å²) in [5.41, 5.74) is 3.41. The molecule has 178 valence electrons. The number of hydrogen-bond donors (Lipinski definition) is 0. The van der Waals surface area contributed by atoms with E-state index in [1.54, 1.807) is 0 Å². The number of allylic oxidation sites excluding steroid dienone is 1. The van der Waals surface area contributed by atoms with Crippen molar-refractivity contribution >= 4 is 0 Å². The van der Waals surface area contributed by atoms with Crippen LogP contribution in [0.4, 0.5) is 0 Å². The molecule has 0 aliphatic heterocycles. The molecule has 0 aliphatic rings. The first-order chi connectivity index (χ1) is 14.9. The van der Waals surface area contributed by atoms with Crippen molar-refractivity contribution in [2.75, 3.05) is 0 Å². The molecule has 0 bridgehead atoms. The third-order valence-corrected chi connectivity index (χ3v) is 6.39. The minimum atomic E-state index is 1.23. The highest BCUT2D eigenvalue weighted by Gasteiger charge is 1.94. The van der Waals surface area contributed by atoms with Gasteiger partial charge in [0.2, 0.25) is 0 Å². The van der Waals surface area contributed by atoms with E-state index >= 15 is 0 Å². The van der Waals surface area contributed by atoms with Gasteiger partial charge in [-0.05, 0) is 37.8 Å². The summed E-state index contributed by atoms with van der Waals surface area (Å²) in [7, 11) is 0. The fraction of sp³-hybridized carbons (Fsp3) is 0.900. The highest BCUT2D eigenvalue weighted by molar-refractivity contribution is 4.84. The molecule has 0 N–H and O–H groups in total. The molecule has 0 heterocycles. The molecule has 0 nitrogen and oxygen atoms in total. The Kier molecular flexibility index (Phi) is 28.1. The summed E-state index contributed by atoms with van der Waals surface area (Å²) in [4.78, 5) is 0. The molecular weight excluding hydrogens is 360 g/mol. The minimum Gasteiger partial charge on any atom is -0.130 e. The summed E-state index contributed by atoms with van der Waals surface area (Å²) in [5, 5.41) is 0. The first kappa shape index (κ1) is 29.5. The average Bonchev–Trinajstić information content (AvgIpc) is 2.76. The van der Waals surface area contributed by atoms with E-state index in [4.69, 9.17) is 0 Å². The number of hydrogen-bond acceptors (Lipinski definition) is 0. The SMILES string of the molecule is CCCCCCCCCCCCCC=C=CCCCCCCCCCCCCCC. The lowest BCUT2D eigenvalue weighted by molar-refractivity contribution is 0.545. The summed E-state index contributed by atoms with van der Waals surface area (Å²) < 4.78 is 0. The molecule has 0 unspecified atom stereocenters. The molecule has 0 aromatic carbocycles. The smallest absolute Gasteiger partial charge is 0.0274 e. The second-order valence-electron chi connectivity index (χ2n) is 9.58. The maximum Gasteiger partial charge on any atom is -0.0274 e. The van der Waals surface area contributed by atoms with Crippen molar-refractivity contribution in [1.82, 2.24) is 0 Å². The lowest BCUT2D eigenvalue weighted by atomic mass is 10.0. The van der Waals surface area contributed by atoms with Gasteiger partial charge in [0.05, 0.1) is 0 Å². The van der Waals surface area contributed by atoms with Gasteiger partial charge in [0.25, 0.3) is 0 Å².